The third-order valence-corrected chi connectivity index (χ3v) is 6.66. The third-order valence-electron chi connectivity index (χ3n) is 5.25. The molecule has 2 aromatic rings. The summed E-state index contributed by atoms with van der Waals surface area (Å²) in [6, 6.07) is 11.4. The van der Waals surface area contributed by atoms with Crippen LogP contribution in [0.25, 0.3) is 5.70 Å². The molecule has 0 saturated carbocycles. The molecular formula is C23H25BrN4O3S. The highest BCUT2D eigenvalue weighted by molar-refractivity contribution is 9.10. The highest BCUT2D eigenvalue weighted by Gasteiger charge is 2.36. The monoisotopic (exact) mass is 516 g/mol. The van der Waals surface area contributed by atoms with Gasteiger partial charge in [0.25, 0.3) is 5.91 Å². The van der Waals surface area contributed by atoms with Gasteiger partial charge in [0, 0.05) is 21.0 Å². The Balaban J connectivity index is 1.86. The van der Waals surface area contributed by atoms with Crippen LogP contribution in [-0.2, 0) is 4.79 Å². The van der Waals surface area contributed by atoms with Crippen molar-refractivity contribution in [3.63, 3.8) is 0 Å². The number of halogens is 1. The van der Waals surface area contributed by atoms with Gasteiger partial charge in [-0.1, -0.05) is 65.7 Å². The van der Waals surface area contributed by atoms with Crippen molar-refractivity contribution < 1.29 is 14.3 Å². The zero-order valence-corrected chi connectivity index (χ0v) is 20.6. The van der Waals surface area contributed by atoms with Crippen LogP contribution in [0.4, 0.5) is 0 Å². The predicted molar refractivity (Wildman–Crippen MR) is 130 cm³/mol. The Hall–Kier alpha value is -2.52. The van der Waals surface area contributed by atoms with Gasteiger partial charge < -0.3 is 9.47 Å². The van der Waals surface area contributed by atoms with Crippen LogP contribution >= 0.6 is 27.7 Å². The van der Waals surface area contributed by atoms with Gasteiger partial charge >= 0.3 is 0 Å². The second-order valence-corrected chi connectivity index (χ2v) is 9.36. The van der Waals surface area contributed by atoms with Gasteiger partial charge in [-0.15, -0.1) is 5.10 Å². The van der Waals surface area contributed by atoms with Crippen LogP contribution in [0.1, 0.15) is 37.9 Å². The molecule has 32 heavy (non-hydrogen) atoms. The van der Waals surface area contributed by atoms with Crippen molar-refractivity contribution in [3.05, 3.63) is 57.0 Å². The molecule has 168 valence electrons. The molecule has 2 aromatic carbocycles. The summed E-state index contributed by atoms with van der Waals surface area (Å²) >= 11 is 5.11. The van der Waals surface area contributed by atoms with Crippen LogP contribution in [0, 0.1) is 0 Å². The van der Waals surface area contributed by atoms with E-state index in [4.69, 9.17) is 19.6 Å². The van der Waals surface area contributed by atoms with Crippen LogP contribution in [0.15, 0.2) is 51.0 Å². The molecule has 2 heterocycles. The number of fused-ring (bicyclic) bond motifs is 2. The number of unbranched alkanes of at least 4 members (excludes halogenated alkanes) is 2. The Morgan fingerprint density at radius 2 is 2.00 bits per heavy atom. The lowest BCUT2D eigenvalue weighted by Crippen LogP contribution is -2.50. The van der Waals surface area contributed by atoms with Crippen molar-refractivity contribution in [2.24, 2.45) is 10.1 Å². The second-order valence-electron chi connectivity index (χ2n) is 7.36. The van der Waals surface area contributed by atoms with Crippen molar-refractivity contribution in [1.29, 1.82) is 0 Å². The summed E-state index contributed by atoms with van der Waals surface area (Å²) in [6.07, 6.45) is 2.78. The molecule has 0 aromatic heterocycles. The van der Waals surface area contributed by atoms with Gasteiger partial charge in [-0.3, -0.25) is 15.1 Å². The topological polar surface area (TPSA) is 75.5 Å². The number of nitrogens with one attached hydrogen (secondary N) is 1. The molecule has 2 aliphatic rings. The molecule has 0 aliphatic carbocycles. The number of carbonyl (C=O) groups excluding carboxylic acids is 1. The first kappa shape index (κ1) is 22.7. The van der Waals surface area contributed by atoms with Crippen LogP contribution < -0.4 is 25.4 Å². The summed E-state index contributed by atoms with van der Waals surface area (Å²) in [6.45, 7) is 2.17. The smallest absolute Gasteiger partial charge is 0.276 e. The Kier molecular flexibility index (Phi) is 7.05. The Labute approximate surface area is 199 Å². The van der Waals surface area contributed by atoms with E-state index in [2.05, 4.69) is 28.2 Å². The highest BCUT2D eigenvalue weighted by atomic mass is 79.9. The molecule has 0 radical (unpaired) electrons. The van der Waals surface area contributed by atoms with Gasteiger partial charge in [-0.2, -0.15) is 0 Å². The number of carbonyl (C=O) groups is 1. The van der Waals surface area contributed by atoms with Gasteiger partial charge in [-0.25, -0.2) is 5.01 Å². The molecule has 1 N–H and O–H groups in total. The maximum Gasteiger partial charge on any atom is 0.276 e. The average Bonchev–Trinajstić information content (AvgIpc) is 2.80. The third kappa shape index (κ3) is 4.36. The second kappa shape index (κ2) is 9.95. The van der Waals surface area contributed by atoms with E-state index in [1.807, 2.05) is 36.4 Å². The average molecular weight is 517 g/mol. The van der Waals surface area contributed by atoms with Crippen molar-refractivity contribution in [2.45, 2.75) is 32.4 Å². The number of amidine groups is 1. The molecule has 7 nitrogen and oxygen atoms in total. The summed E-state index contributed by atoms with van der Waals surface area (Å²) in [7, 11) is 3.19. The molecule has 1 atom stereocenters. The molecule has 1 unspecified atom stereocenters. The fourth-order valence-electron chi connectivity index (χ4n) is 3.77. The number of amides is 1. The van der Waals surface area contributed by atoms with E-state index in [1.54, 1.807) is 31.0 Å². The first-order valence-corrected chi connectivity index (χ1v) is 12.3. The van der Waals surface area contributed by atoms with Crippen molar-refractivity contribution >= 4 is 44.5 Å². The van der Waals surface area contributed by atoms with Gasteiger partial charge in [0.05, 0.1) is 19.6 Å². The quantitative estimate of drug-likeness (QED) is 0.569. The molecule has 0 saturated heterocycles. The fourth-order valence-corrected chi connectivity index (χ4v) is 5.07. The van der Waals surface area contributed by atoms with E-state index in [9.17, 15) is 4.79 Å². The van der Waals surface area contributed by atoms with Gasteiger partial charge in [-0.05, 0) is 24.6 Å². The molecule has 1 amide bonds. The number of hydrogen-bond acceptors (Lipinski definition) is 7. The molecule has 0 spiro atoms. The lowest BCUT2D eigenvalue weighted by Gasteiger charge is -2.34. The van der Waals surface area contributed by atoms with E-state index in [0.717, 1.165) is 45.6 Å². The number of rotatable bonds is 7. The summed E-state index contributed by atoms with van der Waals surface area (Å²) < 4.78 is 12.0. The first-order chi connectivity index (χ1) is 15.6. The zero-order valence-electron chi connectivity index (χ0n) is 18.2. The summed E-state index contributed by atoms with van der Waals surface area (Å²) in [5.74, 6) is 1.84. The van der Waals surface area contributed by atoms with Crippen molar-refractivity contribution in [2.75, 3.05) is 20.0 Å². The normalized spacial score (nSPS) is 17.1. The van der Waals surface area contributed by atoms with Crippen LogP contribution in [-0.4, -0.2) is 36.1 Å². The number of ether oxygens (including phenoxy) is 2. The summed E-state index contributed by atoms with van der Waals surface area (Å²) in [4.78, 5) is 18.2. The highest BCUT2D eigenvalue weighted by Crippen LogP contribution is 2.42. The first-order valence-electron chi connectivity index (χ1n) is 10.5. The van der Waals surface area contributed by atoms with E-state index in [0.29, 0.717) is 22.4 Å². The minimum Gasteiger partial charge on any atom is -0.493 e. The summed E-state index contributed by atoms with van der Waals surface area (Å²) in [5.41, 5.74) is 1.22. The molecule has 0 bridgehead atoms. The molecule has 9 heteroatoms. The van der Waals surface area contributed by atoms with E-state index in [1.165, 1.54) is 0 Å². The SMILES string of the molecule is CCCCCSC1=NN2C(=c3ccccc3=NC2c2cc(Br)cc(OC)c2OC)C(=O)N1. The van der Waals surface area contributed by atoms with E-state index in [-0.39, 0.29) is 5.91 Å². The zero-order chi connectivity index (χ0) is 22.7. The van der Waals surface area contributed by atoms with Crippen molar-refractivity contribution in [3.8, 4) is 11.5 Å². The van der Waals surface area contributed by atoms with Crippen molar-refractivity contribution in [1.82, 2.24) is 10.3 Å². The molecule has 0 fully saturated rings. The number of hydrogen-bond donors (Lipinski definition) is 1. The van der Waals surface area contributed by atoms with Gasteiger partial charge in [0.15, 0.2) is 22.8 Å². The van der Waals surface area contributed by atoms with Crippen LogP contribution in [0.2, 0.25) is 0 Å². The number of hydrazone groups is 1. The maximum atomic E-state index is 13.2. The molecule has 2 aliphatic heterocycles. The van der Waals surface area contributed by atoms with Crippen LogP contribution in [0.5, 0.6) is 11.5 Å². The largest absolute Gasteiger partial charge is 0.493 e. The summed E-state index contributed by atoms with van der Waals surface area (Å²) in [5, 5.41) is 11.5. The number of thioether (sulfide) groups is 1. The minimum atomic E-state index is -0.585. The number of para-hydroxylation sites is 1. The predicted octanol–water partition coefficient (Wildman–Crippen LogP) is 3.53. The van der Waals surface area contributed by atoms with Gasteiger partial charge in [0.2, 0.25) is 0 Å². The minimum absolute atomic E-state index is 0.189. The van der Waals surface area contributed by atoms with Crippen LogP contribution in [0.3, 0.4) is 0 Å². The van der Waals surface area contributed by atoms with E-state index < -0.39 is 6.17 Å². The Bertz CT molecular complexity index is 1180. The molecular weight excluding hydrogens is 492 g/mol. The standard InChI is InChI=1S/C23H25BrN4O3S/c1-4-5-8-11-32-23-26-22(29)19-15-9-6-7-10-17(15)25-21(28(19)27-23)16-12-14(24)13-18(30-2)20(16)31-3/h6-7,9-10,12-13,21H,4-5,8,11H2,1-3H3,(H,26,27,29). The fraction of sp³-hybridized carbons (Fsp3) is 0.348. The lowest BCUT2D eigenvalue weighted by atomic mass is 10.1. The number of methoxy groups -OCH3 is 2. The van der Waals surface area contributed by atoms with E-state index >= 15 is 0 Å². The Morgan fingerprint density at radius 1 is 1.19 bits per heavy atom. The Morgan fingerprint density at radius 3 is 2.75 bits per heavy atom. The maximum absolute atomic E-state index is 13.2. The lowest BCUT2D eigenvalue weighted by molar-refractivity contribution is -0.116. The van der Waals surface area contributed by atoms with Gasteiger partial charge in [0.1, 0.15) is 5.70 Å². The molecule has 4 rings (SSSR count). The number of benzene rings is 2. The number of nitrogens with zero attached hydrogens (tertiary/aromatic N) is 3.